The Kier molecular flexibility index (Phi) is 6.26. The first kappa shape index (κ1) is 22.2. The van der Waals surface area contributed by atoms with Gasteiger partial charge < -0.3 is 14.4 Å². The lowest BCUT2D eigenvalue weighted by molar-refractivity contribution is -0.145. The third kappa shape index (κ3) is 4.44. The lowest BCUT2D eigenvalue weighted by Gasteiger charge is -2.36. The summed E-state index contributed by atoms with van der Waals surface area (Å²) in [5.74, 6) is -0.704. The number of amides is 1. The molecule has 0 spiro atoms. The van der Waals surface area contributed by atoms with E-state index in [2.05, 4.69) is 6.07 Å². The van der Waals surface area contributed by atoms with Gasteiger partial charge in [0.25, 0.3) is 0 Å². The highest BCUT2D eigenvalue weighted by atomic mass is 35.5. The van der Waals surface area contributed by atoms with Crippen molar-refractivity contribution in [1.82, 2.24) is 4.90 Å². The number of fused-ring (bicyclic) bond motifs is 1. The summed E-state index contributed by atoms with van der Waals surface area (Å²) in [7, 11) is 0. The van der Waals surface area contributed by atoms with Crippen LogP contribution in [0.25, 0.3) is 0 Å². The van der Waals surface area contributed by atoms with Gasteiger partial charge in [0.1, 0.15) is 6.10 Å². The van der Waals surface area contributed by atoms with Crippen molar-refractivity contribution >= 4 is 23.5 Å². The number of nitrogens with zero attached hydrogens (tertiary/aromatic N) is 1. The molecule has 3 atom stereocenters. The Morgan fingerprint density at radius 1 is 1.15 bits per heavy atom. The highest BCUT2D eigenvalue weighted by Crippen LogP contribution is 2.40. The molecule has 2 aromatic rings. The fourth-order valence-corrected chi connectivity index (χ4v) is 5.43. The summed E-state index contributed by atoms with van der Waals surface area (Å²) in [4.78, 5) is 28.5. The quantitative estimate of drug-likeness (QED) is 0.559. The second-order valence-corrected chi connectivity index (χ2v) is 9.51. The zero-order valence-corrected chi connectivity index (χ0v) is 19.5. The van der Waals surface area contributed by atoms with Gasteiger partial charge in [0, 0.05) is 29.7 Å². The van der Waals surface area contributed by atoms with Crippen molar-refractivity contribution in [3.63, 3.8) is 0 Å². The Hall–Kier alpha value is -2.63. The lowest BCUT2D eigenvalue weighted by Crippen LogP contribution is -2.42. The molecule has 172 valence electrons. The fourth-order valence-electron chi connectivity index (χ4n) is 5.30. The Morgan fingerprint density at radius 2 is 1.94 bits per heavy atom. The van der Waals surface area contributed by atoms with E-state index in [0.29, 0.717) is 22.8 Å². The summed E-state index contributed by atoms with van der Waals surface area (Å²) >= 11 is 6.09. The minimum absolute atomic E-state index is 0.00529. The molecule has 3 aliphatic rings. The molecule has 2 aromatic carbocycles. The largest absolute Gasteiger partial charge is 0.454 e. The molecule has 0 N–H and O–H groups in total. The van der Waals surface area contributed by atoms with Crippen LogP contribution in [0.2, 0.25) is 5.02 Å². The standard InChI is InChI=1S/C27H28ClNO4/c1-17-26(27(31)33-24-13-10-18-5-2-3-7-22(18)24)23(19-8-11-20(28)12-9-19)15-25(30)29(17)16-21-6-4-14-32-21/h2-3,5,7-9,11-12,21,23-24H,4,6,10,13-16H2,1H3/t21-,23+,24?/m0/s1. The maximum atomic E-state index is 13.6. The van der Waals surface area contributed by atoms with Crippen molar-refractivity contribution in [2.75, 3.05) is 13.2 Å². The van der Waals surface area contributed by atoms with Crippen molar-refractivity contribution in [3.05, 3.63) is 81.5 Å². The predicted molar refractivity (Wildman–Crippen MR) is 126 cm³/mol. The monoisotopic (exact) mass is 465 g/mol. The first-order valence-corrected chi connectivity index (χ1v) is 12.1. The van der Waals surface area contributed by atoms with Crippen LogP contribution in [0.1, 0.15) is 61.3 Å². The number of carbonyl (C=O) groups is 2. The molecule has 33 heavy (non-hydrogen) atoms. The van der Waals surface area contributed by atoms with Crippen LogP contribution in [0, 0.1) is 0 Å². The highest BCUT2D eigenvalue weighted by molar-refractivity contribution is 6.30. The zero-order valence-electron chi connectivity index (χ0n) is 18.8. The van der Waals surface area contributed by atoms with Crippen LogP contribution in [0.5, 0.6) is 0 Å². The number of rotatable bonds is 5. The van der Waals surface area contributed by atoms with Crippen molar-refractivity contribution in [2.24, 2.45) is 0 Å². The number of allylic oxidation sites excluding steroid dienone is 1. The molecule has 1 fully saturated rings. The second-order valence-electron chi connectivity index (χ2n) is 9.08. The van der Waals surface area contributed by atoms with Crippen LogP contribution in [0.3, 0.4) is 0 Å². The number of carbonyl (C=O) groups excluding carboxylic acids is 2. The molecule has 2 heterocycles. The van der Waals surface area contributed by atoms with E-state index < -0.39 is 0 Å². The van der Waals surface area contributed by atoms with Gasteiger partial charge in [-0.15, -0.1) is 0 Å². The number of esters is 1. The van der Waals surface area contributed by atoms with Gasteiger partial charge in [-0.05, 0) is 61.4 Å². The summed E-state index contributed by atoms with van der Waals surface area (Å²) in [6.45, 7) is 3.05. The van der Waals surface area contributed by atoms with Gasteiger partial charge in [-0.2, -0.15) is 0 Å². The van der Waals surface area contributed by atoms with Crippen molar-refractivity contribution in [3.8, 4) is 0 Å². The molecule has 1 aliphatic carbocycles. The van der Waals surface area contributed by atoms with Gasteiger partial charge in [0.15, 0.2) is 0 Å². The van der Waals surface area contributed by atoms with Crippen LogP contribution in [-0.2, 0) is 25.5 Å². The van der Waals surface area contributed by atoms with E-state index in [0.717, 1.165) is 43.4 Å². The van der Waals surface area contributed by atoms with Gasteiger partial charge in [-0.1, -0.05) is 48.0 Å². The SMILES string of the molecule is CC1=C(C(=O)OC2CCc3ccccc32)[C@@H](c2ccc(Cl)cc2)CC(=O)N1C[C@@H]1CCCO1. The molecule has 2 aliphatic heterocycles. The van der Waals surface area contributed by atoms with Crippen molar-refractivity contribution < 1.29 is 19.1 Å². The average Bonchev–Trinajstić information content (AvgIpc) is 3.47. The third-order valence-electron chi connectivity index (χ3n) is 7.05. The van der Waals surface area contributed by atoms with E-state index in [1.54, 1.807) is 17.0 Å². The van der Waals surface area contributed by atoms with E-state index in [9.17, 15) is 9.59 Å². The Bertz CT molecular complexity index is 1090. The maximum Gasteiger partial charge on any atom is 0.337 e. The zero-order chi connectivity index (χ0) is 22.9. The first-order valence-electron chi connectivity index (χ1n) is 11.7. The number of halogens is 1. The van der Waals surface area contributed by atoms with E-state index in [-0.39, 0.29) is 36.4 Å². The third-order valence-corrected chi connectivity index (χ3v) is 7.30. The van der Waals surface area contributed by atoms with Crippen molar-refractivity contribution in [2.45, 2.75) is 57.2 Å². The molecule has 5 nitrogen and oxygen atoms in total. The van der Waals surface area contributed by atoms with Gasteiger partial charge >= 0.3 is 5.97 Å². The molecular weight excluding hydrogens is 438 g/mol. The van der Waals surface area contributed by atoms with Crippen LogP contribution in [-0.4, -0.2) is 36.0 Å². The topological polar surface area (TPSA) is 55.8 Å². The summed E-state index contributed by atoms with van der Waals surface area (Å²) in [5, 5.41) is 0.619. The van der Waals surface area contributed by atoms with Gasteiger partial charge in [-0.3, -0.25) is 4.79 Å². The van der Waals surface area contributed by atoms with Gasteiger partial charge in [0.2, 0.25) is 5.91 Å². The smallest absolute Gasteiger partial charge is 0.337 e. The summed E-state index contributed by atoms with van der Waals surface area (Å²) in [6, 6.07) is 15.5. The Labute approximate surface area is 199 Å². The maximum absolute atomic E-state index is 13.6. The normalized spacial score (nSPS) is 24.8. The lowest BCUT2D eigenvalue weighted by atomic mass is 9.83. The molecule has 5 rings (SSSR count). The molecule has 0 radical (unpaired) electrons. The van der Waals surface area contributed by atoms with E-state index in [1.807, 2.05) is 37.3 Å². The minimum Gasteiger partial charge on any atom is -0.454 e. The molecule has 6 heteroatoms. The Morgan fingerprint density at radius 3 is 2.70 bits per heavy atom. The number of benzene rings is 2. The van der Waals surface area contributed by atoms with Crippen LogP contribution in [0.4, 0.5) is 0 Å². The van der Waals surface area contributed by atoms with Crippen LogP contribution in [0.15, 0.2) is 59.8 Å². The number of ether oxygens (including phenoxy) is 2. The molecule has 1 saturated heterocycles. The predicted octanol–water partition coefficient (Wildman–Crippen LogP) is 5.34. The summed E-state index contributed by atoms with van der Waals surface area (Å²) < 4.78 is 11.9. The van der Waals surface area contributed by atoms with Crippen molar-refractivity contribution in [1.29, 1.82) is 0 Å². The van der Waals surface area contributed by atoms with E-state index in [1.165, 1.54) is 5.56 Å². The molecule has 0 saturated carbocycles. The highest BCUT2D eigenvalue weighted by Gasteiger charge is 2.39. The van der Waals surface area contributed by atoms with E-state index >= 15 is 0 Å². The molecule has 0 bridgehead atoms. The first-order chi connectivity index (χ1) is 16.0. The number of aryl methyl sites for hydroxylation is 1. The Balaban J connectivity index is 1.48. The summed E-state index contributed by atoms with van der Waals surface area (Å²) in [6.07, 6.45) is 3.57. The van der Waals surface area contributed by atoms with Gasteiger partial charge in [-0.25, -0.2) is 4.79 Å². The van der Waals surface area contributed by atoms with Crippen LogP contribution >= 0.6 is 11.6 Å². The molecule has 1 amide bonds. The minimum atomic E-state index is -0.361. The van der Waals surface area contributed by atoms with Gasteiger partial charge in [0.05, 0.1) is 18.2 Å². The van der Waals surface area contributed by atoms with E-state index in [4.69, 9.17) is 21.1 Å². The number of hydrogen-bond acceptors (Lipinski definition) is 4. The molecule has 1 unspecified atom stereocenters. The molecular formula is C27H28ClNO4. The molecule has 0 aromatic heterocycles. The fraction of sp³-hybridized carbons (Fsp3) is 0.407. The summed E-state index contributed by atoms with van der Waals surface area (Å²) in [5.41, 5.74) is 4.42. The number of hydrogen-bond donors (Lipinski definition) is 0. The van der Waals surface area contributed by atoms with Crippen LogP contribution < -0.4 is 0 Å². The average molecular weight is 466 g/mol. The second kappa shape index (κ2) is 9.32.